The topological polar surface area (TPSA) is 175 Å². The summed E-state index contributed by atoms with van der Waals surface area (Å²) >= 11 is 12.1. The van der Waals surface area contributed by atoms with Gasteiger partial charge in [0.2, 0.25) is 11.9 Å². The summed E-state index contributed by atoms with van der Waals surface area (Å²) in [5, 5.41) is 0.447. The zero-order valence-electron chi connectivity index (χ0n) is 18.9. The maximum atomic E-state index is 11.8. The number of rotatable bonds is 12. The molecule has 4 N–H and O–H groups in total. The molecule has 0 aliphatic rings. The van der Waals surface area contributed by atoms with E-state index in [0.29, 0.717) is 48.3 Å². The number of unbranched alkanes of at least 4 members (excludes halogenated alkanes) is 2. The van der Waals surface area contributed by atoms with Crippen LogP contribution in [0.4, 0.5) is 11.9 Å². The third kappa shape index (κ3) is 6.42. The summed E-state index contributed by atoms with van der Waals surface area (Å²) in [5.41, 5.74) is 13.5. The van der Waals surface area contributed by atoms with Gasteiger partial charge < -0.3 is 29.6 Å². The Labute approximate surface area is 216 Å². The fourth-order valence-electron chi connectivity index (χ4n) is 3.31. The highest BCUT2D eigenvalue weighted by molar-refractivity contribution is 7.33. The number of fused-ring (bicyclic) bond motifs is 2. The predicted octanol–water partition coefficient (Wildman–Crippen LogP) is 4.15. The molecule has 4 aromatic heterocycles. The molecule has 0 atom stereocenters. The first-order valence-electron chi connectivity index (χ1n) is 10.9. The van der Waals surface area contributed by atoms with Gasteiger partial charge in [-0.05, 0) is 37.8 Å². The summed E-state index contributed by atoms with van der Waals surface area (Å²) < 4.78 is 25.7. The van der Waals surface area contributed by atoms with Crippen molar-refractivity contribution in [2.45, 2.75) is 38.8 Å². The summed E-state index contributed by atoms with van der Waals surface area (Å²) in [7, 11) is -2.67. The van der Waals surface area contributed by atoms with E-state index in [0.717, 1.165) is 12.8 Å². The van der Waals surface area contributed by atoms with Crippen molar-refractivity contribution < 1.29 is 13.6 Å². The van der Waals surface area contributed by atoms with Crippen LogP contribution in [0.25, 0.3) is 22.3 Å². The van der Waals surface area contributed by atoms with E-state index in [1.807, 2.05) is 9.13 Å². The lowest BCUT2D eigenvalue weighted by atomic mass is 10.3. The van der Waals surface area contributed by atoms with Crippen LogP contribution in [0.15, 0.2) is 37.3 Å². The lowest BCUT2D eigenvalue weighted by Crippen LogP contribution is -2.01. The van der Waals surface area contributed by atoms with Gasteiger partial charge in [0.25, 0.3) is 0 Å². The Bertz CT molecular complexity index is 1330. The molecule has 4 aromatic rings. The lowest BCUT2D eigenvalue weighted by Gasteiger charge is -2.03. The molecule has 4 rings (SSSR count). The van der Waals surface area contributed by atoms with Crippen molar-refractivity contribution >= 4 is 65.7 Å². The van der Waals surface area contributed by atoms with Crippen LogP contribution in [-0.2, 0) is 26.7 Å². The molecule has 16 heteroatoms. The van der Waals surface area contributed by atoms with Gasteiger partial charge in [0.15, 0.2) is 21.6 Å². The smallest absolute Gasteiger partial charge is 0.417 e. The Kier molecular flexibility index (Phi) is 8.57. The number of hydrogen-bond acceptors (Lipinski definition) is 11. The van der Waals surface area contributed by atoms with Crippen molar-refractivity contribution in [2.24, 2.45) is 0 Å². The van der Waals surface area contributed by atoms with E-state index in [1.165, 1.54) is 12.5 Å². The largest absolute Gasteiger partial charge is 0.426 e. The number of nitrogens with two attached hydrogens (primary N) is 2. The van der Waals surface area contributed by atoms with Crippen molar-refractivity contribution in [3.63, 3.8) is 0 Å². The van der Waals surface area contributed by atoms with E-state index < -0.39 is 8.25 Å². The lowest BCUT2D eigenvalue weighted by molar-refractivity contribution is 0.354. The summed E-state index contributed by atoms with van der Waals surface area (Å²) in [6.45, 7) is 1.29. The zero-order valence-corrected chi connectivity index (χ0v) is 21.4. The molecule has 0 radical (unpaired) electrons. The van der Waals surface area contributed by atoms with Crippen molar-refractivity contribution in [1.29, 1.82) is 0 Å². The molecule has 0 bridgehead atoms. The fraction of sp³-hybridized carbons (Fsp3) is 0.300. The number of allylic oxidation sites excluding steroid dienone is 2. The number of hydrogen-bond donors (Lipinski definition) is 2. The molecule has 0 aliphatic heterocycles. The Morgan fingerprint density at radius 1 is 0.806 bits per heavy atom. The highest BCUT2D eigenvalue weighted by Crippen LogP contribution is 2.25. The van der Waals surface area contributed by atoms with E-state index in [4.69, 9.17) is 43.7 Å². The molecular formula is C20H23Cl2N10O3P. The second-order valence-electron chi connectivity index (χ2n) is 7.48. The molecule has 0 fully saturated rings. The van der Waals surface area contributed by atoms with Gasteiger partial charge in [-0.15, -0.1) is 0 Å². The Morgan fingerprint density at radius 2 is 1.25 bits per heavy atom. The molecule has 36 heavy (non-hydrogen) atoms. The van der Waals surface area contributed by atoms with Crippen LogP contribution in [0.3, 0.4) is 0 Å². The predicted molar refractivity (Wildman–Crippen MR) is 137 cm³/mol. The summed E-state index contributed by atoms with van der Waals surface area (Å²) in [5.74, 6) is 0.194. The van der Waals surface area contributed by atoms with Crippen LogP contribution >= 0.6 is 31.5 Å². The molecular weight excluding hydrogens is 530 g/mol. The van der Waals surface area contributed by atoms with Gasteiger partial charge in [0, 0.05) is 13.1 Å². The number of anilines is 2. The maximum Gasteiger partial charge on any atom is 0.417 e. The average molecular weight is 553 g/mol. The summed E-state index contributed by atoms with van der Waals surface area (Å²) in [4.78, 5) is 24.5. The average Bonchev–Trinajstić information content (AvgIpc) is 3.43. The highest BCUT2D eigenvalue weighted by atomic mass is 35.5. The summed E-state index contributed by atoms with van der Waals surface area (Å²) in [6.07, 6.45) is 12.5. The summed E-state index contributed by atoms with van der Waals surface area (Å²) in [6, 6.07) is 0. The van der Waals surface area contributed by atoms with Gasteiger partial charge >= 0.3 is 8.25 Å². The third-order valence-electron chi connectivity index (χ3n) is 4.94. The first-order chi connectivity index (χ1) is 17.4. The zero-order chi connectivity index (χ0) is 25.5. The first kappa shape index (κ1) is 25.7. The molecule has 0 aliphatic carbocycles. The van der Waals surface area contributed by atoms with Crippen LogP contribution in [0.5, 0.6) is 0 Å². The molecule has 0 saturated heterocycles. The molecule has 0 aromatic carbocycles. The van der Waals surface area contributed by atoms with Gasteiger partial charge in [-0.2, -0.15) is 19.9 Å². The standard InChI is InChI=1S/C20H23Cl2N10O3P/c21-15-13-17(29-19(23)27-15)31(11-25-13)7-3-1-5-9-34-36(33)35-10-6-2-4-8-32-12-26-14-16(22)28-20(24)30-18(14)32/h5-6,9-12,36H,1-4,7-8H2,(H2,23,27,29)(H2,24,28,30). The van der Waals surface area contributed by atoms with E-state index in [9.17, 15) is 4.57 Å². The number of halogens is 2. The molecule has 0 amide bonds. The minimum Gasteiger partial charge on any atom is -0.426 e. The molecule has 0 spiro atoms. The quantitative estimate of drug-likeness (QED) is 0.112. The normalized spacial score (nSPS) is 12.8. The van der Waals surface area contributed by atoms with Gasteiger partial charge in [-0.3, -0.25) is 0 Å². The molecule has 190 valence electrons. The van der Waals surface area contributed by atoms with E-state index in [1.54, 1.807) is 24.8 Å². The Morgan fingerprint density at radius 3 is 1.69 bits per heavy atom. The van der Waals surface area contributed by atoms with Crippen molar-refractivity contribution in [1.82, 2.24) is 39.0 Å². The Hall–Kier alpha value is -3.41. The van der Waals surface area contributed by atoms with Crippen LogP contribution < -0.4 is 11.5 Å². The van der Waals surface area contributed by atoms with Crippen molar-refractivity contribution in [3.8, 4) is 0 Å². The second-order valence-corrected chi connectivity index (χ2v) is 9.17. The van der Waals surface area contributed by atoms with Gasteiger partial charge in [0.1, 0.15) is 11.0 Å². The number of nitrogens with zero attached hydrogens (tertiary/aromatic N) is 8. The number of nitrogen functional groups attached to an aromatic ring is 2. The van der Waals surface area contributed by atoms with Crippen LogP contribution in [-0.4, -0.2) is 39.0 Å². The number of imidazole rings is 2. The van der Waals surface area contributed by atoms with Crippen LogP contribution in [0.1, 0.15) is 25.7 Å². The molecule has 4 heterocycles. The van der Waals surface area contributed by atoms with E-state index >= 15 is 0 Å². The van der Waals surface area contributed by atoms with Crippen LogP contribution in [0, 0.1) is 0 Å². The van der Waals surface area contributed by atoms with Gasteiger partial charge in [-0.1, -0.05) is 23.2 Å². The maximum absolute atomic E-state index is 11.8. The van der Waals surface area contributed by atoms with E-state index in [-0.39, 0.29) is 22.2 Å². The Balaban J connectivity index is 1.11. The highest BCUT2D eigenvalue weighted by Gasteiger charge is 2.11. The second kappa shape index (κ2) is 12.0. The molecule has 0 unspecified atom stereocenters. The number of aryl methyl sites for hydroxylation is 2. The third-order valence-corrected chi connectivity index (χ3v) is 6.12. The molecule has 0 saturated carbocycles. The molecule has 13 nitrogen and oxygen atoms in total. The first-order valence-corrected chi connectivity index (χ1v) is 12.9. The minimum atomic E-state index is -2.67. The SMILES string of the molecule is Nc1nc(Cl)c2ncn(CCCC=CO[PH](=O)OC=CCCCn3cnc4c(Cl)nc(N)nc43)c2n1. The van der Waals surface area contributed by atoms with E-state index in [2.05, 4.69) is 29.9 Å². The fourth-order valence-corrected chi connectivity index (χ4v) is 4.22. The van der Waals surface area contributed by atoms with Crippen molar-refractivity contribution in [2.75, 3.05) is 11.5 Å². The number of aromatic nitrogens is 8. The van der Waals surface area contributed by atoms with Crippen LogP contribution in [0.2, 0.25) is 10.3 Å². The van der Waals surface area contributed by atoms with Gasteiger partial charge in [0.05, 0.1) is 25.2 Å². The minimum absolute atomic E-state index is 0.0968. The van der Waals surface area contributed by atoms with Crippen molar-refractivity contribution in [3.05, 3.63) is 47.6 Å². The monoisotopic (exact) mass is 552 g/mol. The van der Waals surface area contributed by atoms with Gasteiger partial charge in [-0.25, -0.2) is 14.5 Å².